The number of methoxy groups -OCH3 is 1. The Bertz CT molecular complexity index is 795. The van der Waals surface area contributed by atoms with Crippen LogP contribution in [0, 0.1) is 5.41 Å². The Morgan fingerprint density at radius 2 is 1.73 bits per heavy atom. The predicted molar refractivity (Wildman–Crippen MR) is 113 cm³/mol. The van der Waals surface area contributed by atoms with E-state index in [2.05, 4.69) is 5.32 Å². The number of urea groups is 1. The first-order valence-electron chi connectivity index (χ1n) is 10.5. The van der Waals surface area contributed by atoms with Crippen LogP contribution < -0.4 is 10.1 Å². The summed E-state index contributed by atoms with van der Waals surface area (Å²) < 4.78 is 5.18. The van der Waals surface area contributed by atoms with E-state index in [0.29, 0.717) is 57.0 Å². The van der Waals surface area contributed by atoms with Crippen molar-refractivity contribution < 1.29 is 19.1 Å². The summed E-state index contributed by atoms with van der Waals surface area (Å²) in [7, 11) is 1.59. The Morgan fingerprint density at radius 1 is 1.10 bits per heavy atom. The van der Waals surface area contributed by atoms with Crippen LogP contribution in [0.5, 0.6) is 5.75 Å². The van der Waals surface area contributed by atoms with Gasteiger partial charge in [-0.25, -0.2) is 4.79 Å². The third-order valence-corrected chi connectivity index (χ3v) is 5.80. The van der Waals surface area contributed by atoms with Crippen molar-refractivity contribution in [1.29, 1.82) is 0 Å². The zero-order valence-corrected chi connectivity index (χ0v) is 18.3. The summed E-state index contributed by atoms with van der Waals surface area (Å²) in [5.41, 5.74) is 0.114. The highest BCUT2D eigenvalue weighted by atomic mass is 16.5. The van der Waals surface area contributed by atoms with Gasteiger partial charge in [0.25, 0.3) is 5.91 Å². The van der Waals surface area contributed by atoms with Crippen LogP contribution in [0.25, 0.3) is 0 Å². The Kier molecular flexibility index (Phi) is 6.53. The molecule has 3 rings (SSSR count). The van der Waals surface area contributed by atoms with E-state index < -0.39 is 5.41 Å². The number of amides is 4. The molecule has 0 radical (unpaired) electrons. The van der Waals surface area contributed by atoms with Gasteiger partial charge in [0, 0.05) is 62.7 Å². The van der Waals surface area contributed by atoms with E-state index in [9.17, 15) is 14.4 Å². The summed E-state index contributed by atoms with van der Waals surface area (Å²) in [4.78, 5) is 43.9. The molecule has 1 N–H and O–H groups in total. The number of carbonyl (C=O) groups excluding carboxylic acids is 3. The summed E-state index contributed by atoms with van der Waals surface area (Å²) in [5.74, 6) is 0.682. The van der Waals surface area contributed by atoms with Crippen molar-refractivity contribution in [3.63, 3.8) is 0 Å². The maximum Gasteiger partial charge on any atom is 0.317 e. The second-order valence-corrected chi connectivity index (χ2v) is 8.57. The first-order chi connectivity index (χ1) is 14.3. The average Bonchev–Trinajstić information content (AvgIpc) is 2.91. The van der Waals surface area contributed by atoms with Gasteiger partial charge < -0.3 is 24.8 Å². The summed E-state index contributed by atoms with van der Waals surface area (Å²) in [5, 5.41) is 2.94. The number of hydrogen-bond acceptors (Lipinski definition) is 4. The SMILES string of the molecule is CCN1CC2(CC1=O)CN(C(=O)NC(C)C)CCN(C(=O)c1ccc(OC)cc1)C2. The van der Waals surface area contributed by atoms with E-state index in [1.165, 1.54) is 0 Å². The van der Waals surface area contributed by atoms with Gasteiger partial charge >= 0.3 is 6.03 Å². The fourth-order valence-corrected chi connectivity index (χ4v) is 4.34. The molecule has 1 spiro atoms. The molecule has 0 aliphatic carbocycles. The smallest absolute Gasteiger partial charge is 0.317 e. The quantitative estimate of drug-likeness (QED) is 0.812. The molecule has 1 aromatic rings. The summed E-state index contributed by atoms with van der Waals surface area (Å²) in [6.07, 6.45) is 0.346. The molecule has 2 fully saturated rings. The van der Waals surface area contributed by atoms with Crippen LogP contribution in [0.1, 0.15) is 37.6 Å². The van der Waals surface area contributed by atoms with Crippen LogP contribution in [0.3, 0.4) is 0 Å². The van der Waals surface area contributed by atoms with Gasteiger partial charge in [-0.15, -0.1) is 0 Å². The minimum absolute atomic E-state index is 0.0195. The Morgan fingerprint density at radius 3 is 2.30 bits per heavy atom. The van der Waals surface area contributed by atoms with E-state index in [4.69, 9.17) is 4.74 Å². The standard InChI is InChI=1S/C22H32N4O4/c1-5-24-13-22(12-19(24)27)14-25(10-11-26(15-22)21(29)23-16(2)3)20(28)17-6-8-18(30-4)9-7-17/h6-9,16H,5,10-15H2,1-4H3,(H,23,29). The number of hydrogen-bond donors (Lipinski definition) is 1. The minimum atomic E-state index is -0.458. The Balaban J connectivity index is 1.85. The Labute approximate surface area is 178 Å². The lowest BCUT2D eigenvalue weighted by Crippen LogP contribution is -2.49. The molecule has 0 saturated carbocycles. The van der Waals surface area contributed by atoms with Crippen molar-refractivity contribution in [3.05, 3.63) is 29.8 Å². The molecule has 2 aliphatic heterocycles. The fourth-order valence-electron chi connectivity index (χ4n) is 4.34. The maximum absolute atomic E-state index is 13.2. The highest BCUT2D eigenvalue weighted by molar-refractivity contribution is 5.94. The van der Waals surface area contributed by atoms with Gasteiger partial charge in [-0.2, -0.15) is 0 Å². The van der Waals surface area contributed by atoms with E-state index in [0.717, 1.165) is 0 Å². The third kappa shape index (κ3) is 4.68. The number of ether oxygens (including phenoxy) is 1. The van der Waals surface area contributed by atoms with Crippen molar-refractivity contribution in [2.45, 2.75) is 33.2 Å². The highest BCUT2D eigenvalue weighted by Gasteiger charge is 2.47. The predicted octanol–water partition coefficient (Wildman–Crippen LogP) is 1.81. The second kappa shape index (κ2) is 8.93. The molecule has 4 amide bonds. The van der Waals surface area contributed by atoms with Crippen molar-refractivity contribution >= 4 is 17.8 Å². The minimum Gasteiger partial charge on any atom is -0.497 e. The molecule has 8 nitrogen and oxygen atoms in total. The van der Waals surface area contributed by atoms with E-state index in [1.54, 1.807) is 41.2 Å². The normalized spacial score (nSPS) is 21.9. The van der Waals surface area contributed by atoms with Gasteiger partial charge in [-0.3, -0.25) is 9.59 Å². The second-order valence-electron chi connectivity index (χ2n) is 8.57. The Hall–Kier alpha value is -2.77. The van der Waals surface area contributed by atoms with Crippen LogP contribution in [0.15, 0.2) is 24.3 Å². The number of carbonyl (C=O) groups is 3. The van der Waals surface area contributed by atoms with Crippen LogP contribution in [-0.4, -0.2) is 85.0 Å². The van der Waals surface area contributed by atoms with E-state index >= 15 is 0 Å². The molecule has 164 valence electrons. The van der Waals surface area contributed by atoms with Gasteiger partial charge in [0.15, 0.2) is 0 Å². The molecule has 2 heterocycles. The lowest BCUT2D eigenvalue weighted by Gasteiger charge is -2.33. The van der Waals surface area contributed by atoms with Crippen LogP contribution in [0.2, 0.25) is 0 Å². The lowest BCUT2D eigenvalue weighted by molar-refractivity contribution is -0.127. The van der Waals surface area contributed by atoms with Crippen molar-refractivity contribution in [3.8, 4) is 5.75 Å². The van der Waals surface area contributed by atoms with Crippen LogP contribution >= 0.6 is 0 Å². The monoisotopic (exact) mass is 416 g/mol. The molecule has 1 unspecified atom stereocenters. The van der Waals surface area contributed by atoms with Gasteiger partial charge in [-0.05, 0) is 45.0 Å². The molecule has 1 aromatic carbocycles. The molecule has 1 atom stereocenters. The van der Waals surface area contributed by atoms with E-state index in [1.807, 2.05) is 25.7 Å². The number of nitrogens with one attached hydrogen (secondary N) is 1. The lowest BCUT2D eigenvalue weighted by atomic mass is 9.85. The van der Waals surface area contributed by atoms with Crippen molar-refractivity contribution in [2.75, 3.05) is 46.4 Å². The highest BCUT2D eigenvalue weighted by Crippen LogP contribution is 2.35. The van der Waals surface area contributed by atoms with Crippen LogP contribution in [-0.2, 0) is 4.79 Å². The van der Waals surface area contributed by atoms with Crippen molar-refractivity contribution in [1.82, 2.24) is 20.0 Å². The zero-order valence-electron chi connectivity index (χ0n) is 18.3. The van der Waals surface area contributed by atoms with Gasteiger partial charge in [0.1, 0.15) is 5.75 Å². The first kappa shape index (κ1) is 21.9. The van der Waals surface area contributed by atoms with Gasteiger partial charge in [0.05, 0.1) is 7.11 Å². The topological polar surface area (TPSA) is 82.2 Å². The summed E-state index contributed by atoms with van der Waals surface area (Å²) >= 11 is 0. The molecule has 2 aliphatic rings. The van der Waals surface area contributed by atoms with Gasteiger partial charge in [0.2, 0.25) is 5.91 Å². The average molecular weight is 417 g/mol. The molecule has 8 heteroatoms. The number of likely N-dealkylation sites (tertiary alicyclic amines) is 1. The fraction of sp³-hybridized carbons (Fsp3) is 0.591. The van der Waals surface area contributed by atoms with Crippen molar-refractivity contribution in [2.24, 2.45) is 5.41 Å². The van der Waals surface area contributed by atoms with E-state index in [-0.39, 0.29) is 23.9 Å². The summed E-state index contributed by atoms with van der Waals surface area (Å²) in [6.45, 7) is 8.75. The molecule has 30 heavy (non-hydrogen) atoms. The molecule has 2 saturated heterocycles. The third-order valence-electron chi connectivity index (χ3n) is 5.80. The molecular weight excluding hydrogens is 384 g/mol. The first-order valence-corrected chi connectivity index (χ1v) is 10.5. The van der Waals surface area contributed by atoms with Gasteiger partial charge in [-0.1, -0.05) is 0 Å². The van der Waals surface area contributed by atoms with Crippen LogP contribution in [0.4, 0.5) is 4.79 Å². The maximum atomic E-state index is 13.2. The largest absolute Gasteiger partial charge is 0.497 e. The summed E-state index contributed by atoms with van der Waals surface area (Å²) in [6, 6.07) is 6.90. The number of rotatable bonds is 4. The zero-order chi connectivity index (χ0) is 21.9. The molecular formula is C22H32N4O4. The molecule has 0 aromatic heterocycles. The number of nitrogens with zero attached hydrogens (tertiary/aromatic N) is 3. The molecule has 0 bridgehead atoms. The number of benzene rings is 1.